The third-order valence-corrected chi connectivity index (χ3v) is 7.82. The molecule has 214 valence electrons. The van der Waals surface area contributed by atoms with Gasteiger partial charge < -0.3 is 10.2 Å². The molecule has 7 nitrogen and oxygen atoms in total. The van der Waals surface area contributed by atoms with Gasteiger partial charge in [0.15, 0.2) is 0 Å². The van der Waals surface area contributed by atoms with Crippen molar-refractivity contribution in [3.8, 4) is 0 Å². The summed E-state index contributed by atoms with van der Waals surface area (Å²) >= 11 is 6.43. The number of halogens is 2. The lowest BCUT2D eigenvalue weighted by molar-refractivity contribution is -0.141. The van der Waals surface area contributed by atoms with Crippen molar-refractivity contribution in [1.82, 2.24) is 10.2 Å². The number of hydrogen-bond donors (Lipinski definition) is 1. The number of nitrogens with one attached hydrogen (secondary N) is 1. The number of para-hydroxylation sites is 1. The fourth-order valence-electron chi connectivity index (χ4n) is 4.38. The minimum Gasteiger partial charge on any atom is -0.352 e. The predicted octanol–water partition coefficient (Wildman–Crippen LogP) is 5.19. The van der Waals surface area contributed by atoms with E-state index in [0.29, 0.717) is 10.6 Å². The van der Waals surface area contributed by atoms with Crippen molar-refractivity contribution < 1.29 is 22.4 Å². The molecule has 0 aliphatic rings. The SMILES string of the molecule is CC(C)NC(=O)[C@@H](Cc1ccccc1)N(Cc1ccccc1Cl)C(=O)CCCN(c1ccccc1F)S(C)(=O)=O. The van der Waals surface area contributed by atoms with Gasteiger partial charge in [0.25, 0.3) is 0 Å². The Kier molecular flexibility index (Phi) is 11.1. The number of sulfonamides is 1. The average molecular weight is 588 g/mol. The summed E-state index contributed by atoms with van der Waals surface area (Å²) < 4.78 is 40.3. The molecule has 3 aromatic rings. The van der Waals surface area contributed by atoms with Gasteiger partial charge in [0.05, 0.1) is 11.9 Å². The molecule has 0 saturated heterocycles. The first-order valence-electron chi connectivity index (χ1n) is 13.1. The minimum absolute atomic E-state index is 0.0643. The molecule has 0 aliphatic heterocycles. The minimum atomic E-state index is -3.81. The topological polar surface area (TPSA) is 86.8 Å². The van der Waals surface area contributed by atoms with Crippen LogP contribution in [0, 0.1) is 5.82 Å². The molecule has 0 unspecified atom stereocenters. The van der Waals surface area contributed by atoms with Crippen molar-refractivity contribution >= 4 is 39.1 Å². The Labute approximate surface area is 241 Å². The summed E-state index contributed by atoms with van der Waals surface area (Å²) in [4.78, 5) is 28.7. The van der Waals surface area contributed by atoms with Crippen LogP contribution in [0.4, 0.5) is 10.1 Å². The van der Waals surface area contributed by atoms with Crippen LogP contribution in [0.2, 0.25) is 5.02 Å². The van der Waals surface area contributed by atoms with Gasteiger partial charge in [0.2, 0.25) is 21.8 Å². The van der Waals surface area contributed by atoms with Gasteiger partial charge in [-0.05, 0) is 49.6 Å². The summed E-state index contributed by atoms with van der Waals surface area (Å²) in [6.07, 6.45) is 1.33. The zero-order valence-electron chi connectivity index (χ0n) is 22.9. The number of amides is 2. The van der Waals surface area contributed by atoms with Crippen LogP contribution in [0.5, 0.6) is 0 Å². The zero-order chi connectivity index (χ0) is 29.3. The van der Waals surface area contributed by atoms with E-state index in [-0.39, 0.29) is 55.9 Å². The summed E-state index contributed by atoms with van der Waals surface area (Å²) in [5, 5.41) is 3.39. The summed E-state index contributed by atoms with van der Waals surface area (Å²) in [6.45, 7) is 3.68. The molecule has 3 aromatic carbocycles. The second kappa shape index (κ2) is 14.3. The van der Waals surface area contributed by atoms with Gasteiger partial charge in [0, 0.05) is 37.0 Å². The van der Waals surface area contributed by atoms with Crippen LogP contribution in [0.1, 0.15) is 37.8 Å². The third kappa shape index (κ3) is 8.79. The molecule has 3 rings (SSSR count). The van der Waals surface area contributed by atoms with Crippen LogP contribution in [0.15, 0.2) is 78.9 Å². The van der Waals surface area contributed by atoms with E-state index in [9.17, 15) is 22.4 Å². The molecular weight excluding hydrogens is 553 g/mol. The van der Waals surface area contributed by atoms with E-state index in [1.54, 1.807) is 24.3 Å². The van der Waals surface area contributed by atoms with E-state index in [4.69, 9.17) is 11.6 Å². The normalized spacial score (nSPS) is 12.2. The monoisotopic (exact) mass is 587 g/mol. The Hall–Kier alpha value is -3.43. The smallest absolute Gasteiger partial charge is 0.243 e. The lowest BCUT2D eigenvalue weighted by Gasteiger charge is -2.32. The van der Waals surface area contributed by atoms with E-state index < -0.39 is 21.9 Å². The van der Waals surface area contributed by atoms with Gasteiger partial charge in [0.1, 0.15) is 11.9 Å². The molecule has 0 aliphatic carbocycles. The molecule has 0 bridgehead atoms. The fourth-order valence-corrected chi connectivity index (χ4v) is 5.54. The molecule has 0 heterocycles. The van der Waals surface area contributed by atoms with Crippen LogP contribution in [-0.2, 0) is 32.6 Å². The Bertz CT molecular complexity index is 1400. The Balaban J connectivity index is 1.90. The number of carbonyl (C=O) groups excluding carboxylic acids is 2. The van der Waals surface area contributed by atoms with Crippen LogP contribution in [-0.4, -0.2) is 50.0 Å². The first-order chi connectivity index (χ1) is 19.0. The zero-order valence-corrected chi connectivity index (χ0v) is 24.5. The van der Waals surface area contributed by atoms with Gasteiger partial charge in [-0.25, -0.2) is 12.8 Å². The standard InChI is InChI=1S/C30H35ClFN3O4S/c1-22(2)33-30(37)28(20-23-12-5-4-6-13-23)34(21-24-14-7-8-15-25(24)31)29(36)18-11-19-35(40(3,38)39)27-17-10-9-16-26(27)32/h4-10,12-17,22,28H,11,18-21H2,1-3H3,(H,33,37)/t28-/m1/s1. The number of carbonyl (C=O) groups is 2. The highest BCUT2D eigenvalue weighted by Gasteiger charge is 2.31. The largest absolute Gasteiger partial charge is 0.352 e. The highest BCUT2D eigenvalue weighted by Crippen LogP contribution is 2.24. The van der Waals surface area contributed by atoms with Crippen LogP contribution >= 0.6 is 11.6 Å². The summed E-state index contributed by atoms with van der Waals surface area (Å²) in [6, 6.07) is 21.1. The van der Waals surface area contributed by atoms with E-state index >= 15 is 0 Å². The molecule has 0 aromatic heterocycles. The van der Waals surface area contributed by atoms with Gasteiger partial charge in [-0.15, -0.1) is 0 Å². The number of rotatable bonds is 13. The summed E-state index contributed by atoms with van der Waals surface area (Å²) in [5.41, 5.74) is 1.48. The Morgan fingerprint density at radius 2 is 1.57 bits per heavy atom. The second-order valence-corrected chi connectivity index (χ2v) is 12.2. The highest BCUT2D eigenvalue weighted by atomic mass is 35.5. The molecule has 40 heavy (non-hydrogen) atoms. The summed E-state index contributed by atoms with van der Waals surface area (Å²) in [5.74, 6) is -1.32. The molecular formula is C30H35ClFN3O4S. The predicted molar refractivity (Wildman–Crippen MR) is 157 cm³/mol. The lowest BCUT2D eigenvalue weighted by Crippen LogP contribution is -2.51. The summed E-state index contributed by atoms with van der Waals surface area (Å²) in [7, 11) is -3.81. The van der Waals surface area contributed by atoms with E-state index in [1.165, 1.54) is 23.1 Å². The van der Waals surface area contributed by atoms with Crippen molar-refractivity contribution in [2.24, 2.45) is 0 Å². The van der Waals surface area contributed by atoms with Crippen molar-refractivity contribution in [2.45, 2.75) is 51.7 Å². The molecule has 0 fully saturated rings. The van der Waals surface area contributed by atoms with Gasteiger partial charge in [-0.2, -0.15) is 0 Å². The average Bonchev–Trinajstić information content (AvgIpc) is 2.89. The Morgan fingerprint density at radius 1 is 0.950 bits per heavy atom. The van der Waals surface area contributed by atoms with Crippen LogP contribution in [0.3, 0.4) is 0 Å². The van der Waals surface area contributed by atoms with E-state index in [1.807, 2.05) is 50.2 Å². The molecule has 0 spiro atoms. The van der Waals surface area contributed by atoms with Crippen LogP contribution < -0.4 is 9.62 Å². The number of anilines is 1. The maximum atomic E-state index is 14.4. The third-order valence-electron chi connectivity index (χ3n) is 6.27. The van der Waals surface area contributed by atoms with Crippen molar-refractivity contribution in [3.63, 3.8) is 0 Å². The molecule has 10 heteroatoms. The van der Waals surface area contributed by atoms with E-state index in [0.717, 1.165) is 16.1 Å². The number of benzene rings is 3. The van der Waals surface area contributed by atoms with Crippen molar-refractivity contribution in [1.29, 1.82) is 0 Å². The maximum Gasteiger partial charge on any atom is 0.243 e. The van der Waals surface area contributed by atoms with Crippen molar-refractivity contribution in [2.75, 3.05) is 17.1 Å². The van der Waals surface area contributed by atoms with Crippen molar-refractivity contribution in [3.05, 3.63) is 101 Å². The molecule has 0 radical (unpaired) electrons. The first-order valence-corrected chi connectivity index (χ1v) is 15.3. The lowest BCUT2D eigenvalue weighted by atomic mass is 10.0. The van der Waals surface area contributed by atoms with Gasteiger partial charge >= 0.3 is 0 Å². The molecule has 1 atom stereocenters. The first kappa shape index (κ1) is 31.1. The van der Waals surface area contributed by atoms with Gasteiger partial charge in [-0.1, -0.05) is 72.3 Å². The molecule has 0 saturated carbocycles. The number of nitrogens with zero attached hydrogens (tertiary/aromatic N) is 2. The Morgan fingerprint density at radius 3 is 2.20 bits per heavy atom. The fraction of sp³-hybridized carbons (Fsp3) is 0.333. The van der Waals surface area contributed by atoms with Crippen LogP contribution in [0.25, 0.3) is 0 Å². The highest BCUT2D eigenvalue weighted by molar-refractivity contribution is 7.92. The molecule has 1 N–H and O–H groups in total. The van der Waals surface area contributed by atoms with E-state index in [2.05, 4.69) is 5.32 Å². The number of hydrogen-bond acceptors (Lipinski definition) is 4. The quantitative estimate of drug-likeness (QED) is 0.298. The second-order valence-electron chi connectivity index (χ2n) is 9.87. The maximum absolute atomic E-state index is 14.4. The van der Waals surface area contributed by atoms with Gasteiger partial charge in [-0.3, -0.25) is 13.9 Å². The molecule has 2 amide bonds.